The minimum Gasteiger partial charge on any atom is -0.454 e. The van der Waals surface area contributed by atoms with Gasteiger partial charge in [0.2, 0.25) is 6.79 Å². The molecule has 0 radical (unpaired) electrons. The summed E-state index contributed by atoms with van der Waals surface area (Å²) in [5.41, 5.74) is 1.36. The molecule has 4 nitrogen and oxygen atoms in total. The SMILES string of the molecule is CNC1CCC(CCN2CCC(c3cccc4c3OCO4)CC2)CC1. The van der Waals surface area contributed by atoms with E-state index in [4.69, 9.17) is 9.47 Å². The van der Waals surface area contributed by atoms with E-state index in [1.165, 1.54) is 70.1 Å². The Morgan fingerprint density at radius 1 is 1.04 bits per heavy atom. The molecule has 0 unspecified atom stereocenters. The summed E-state index contributed by atoms with van der Waals surface area (Å²) in [5, 5.41) is 3.44. The summed E-state index contributed by atoms with van der Waals surface area (Å²) in [7, 11) is 2.11. The molecule has 1 saturated carbocycles. The highest BCUT2D eigenvalue weighted by Crippen LogP contribution is 2.42. The molecule has 0 aromatic heterocycles. The Bertz CT molecular complexity index is 561. The van der Waals surface area contributed by atoms with Crippen LogP contribution in [0, 0.1) is 5.92 Å². The van der Waals surface area contributed by atoms with E-state index < -0.39 is 0 Å². The Hall–Kier alpha value is -1.26. The maximum Gasteiger partial charge on any atom is 0.231 e. The van der Waals surface area contributed by atoms with E-state index in [0.717, 1.165) is 23.5 Å². The lowest BCUT2D eigenvalue weighted by Crippen LogP contribution is -2.35. The molecule has 0 amide bonds. The first-order valence-corrected chi connectivity index (χ1v) is 10.1. The van der Waals surface area contributed by atoms with E-state index in [1.807, 2.05) is 6.07 Å². The van der Waals surface area contributed by atoms with E-state index >= 15 is 0 Å². The zero-order chi connectivity index (χ0) is 17.1. The summed E-state index contributed by atoms with van der Waals surface area (Å²) >= 11 is 0. The van der Waals surface area contributed by atoms with Crippen LogP contribution in [0.4, 0.5) is 0 Å². The fourth-order valence-electron chi connectivity index (χ4n) is 4.85. The molecule has 3 aliphatic rings. The molecule has 2 aliphatic heterocycles. The Morgan fingerprint density at radius 3 is 2.60 bits per heavy atom. The van der Waals surface area contributed by atoms with Crippen molar-refractivity contribution in [2.24, 2.45) is 5.92 Å². The number of fused-ring (bicyclic) bond motifs is 1. The number of nitrogens with one attached hydrogen (secondary N) is 1. The molecular weight excluding hydrogens is 312 g/mol. The molecule has 0 spiro atoms. The summed E-state index contributed by atoms with van der Waals surface area (Å²) < 4.78 is 11.2. The third kappa shape index (κ3) is 3.95. The number of hydrogen-bond donors (Lipinski definition) is 1. The Balaban J connectivity index is 1.23. The highest BCUT2D eigenvalue weighted by molar-refractivity contribution is 5.49. The average molecular weight is 344 g/mol. The summed E-state index contributed by atoms with van der Waals surface area (Å²) in [4.78, 5) is 2.68. The van der Waals surface area contributed by atoms with Gasteiger partial charge in [-0.15, -0.1) is 0 Å². The van der Waals surface area contributed by atoms with Gasteiger partial charge in [0.05, 0.1) is 0 Å². The summed E-state index contributed by atoms with van der Waals surface area (Å²) in [6, 6.07) is 7.12. The van der Waals surface area contributed by atoms with Gasteiger partial charge in [0, 0.05) is 11.6 Å². The number of ether oxygens (including phenoxy) is 2. The summed E-state index contributed by atoms with van der Waals surface area (Å²) in [6.07, 6.45) is 9.43. The van der Waals surface area contributed by atoms with Gasteiger partial charge in [0.1, 0.15) is 0 Å². The lowest BCUT2D eigenvalue weighted by molar-refractivity contribution is 0.169. The maximum absolute atomic E-state index is 5.71. The number of piperidine rings is 1. The first-order valence-electron chi connectivity index (χ1n) is 10.1. The molecule has 2 heterocycles. The van der Waals surface area contributed by atoms with Gasteiger partial charge in [0.15, 0.2) is 11.5 Å². The molecule has 0 atom stereocenters. The smallest absolute Gasteiger partial charge is 0.231 e. The van der Waals surface area contributed by atoms with Gasteiger partial charge < -0.3 is 19.7 Å². The van der Waals surface area contributed by atoms with Crippen molar-refractivity contribution in [2.75, 3.05) is 33.5 Å². The Labute approximate surface area is 151 Å². The third-order valence-electron chi connectivity index (χ3n) is 6.56. The molecule has 25 heavy (non-hydrogen) atoms. The van der Waals surface area contributed by atoms with Crippen LogP contribution in [0.2, 0.25) is 0 Å². The van der Waals surface area contributed by atoms with Gasteiger partial charge in [0.25, 0.3) is 0 Å². The molecule has 1 N–H and O–H groups in total. The van der Waals surface area contributed by atoms with E-state index in [2.05, 4.69) is 29.4 Å². The monoisotopic (exact) mass is 344 g/mol. The quantitative estimate of drug-likeness (QED) is 0.882. The van der Waals surface area contributed by atoms with Crippen LogP contribution in [0.1, 0.15) is 56.4 Å². The van der Waals surface area contributed by atoms with Gasteiger partial charge in [-0.05, 0) is 89.5 Å². The molecule has 4 heteroatoms. The first-order chi connectivity index (χ1) is 12.3. The van der Waals surface area contributed by atoms with Crippen LogP contribution >= 0.6 is 0 Å². The Morgan fingerprint density at radius 2 is 1.84 bits per heavy atom. The molecule has 1 saturated heterocycles. The predicted molar refractivity (Wildman–Crippen MR) is 100 cm³/mol. The normalized spacial score (nSPS) is 27.6. The van der Waals surface area contributed by atoms with Gasteiger partial charge in [-0.2, -0.15) is 0 Å². The largest absolute Gasteiger partial charge is 0.454 e. The minimum atomic E-state index is 0.376. The molecule has 0 bridgehead atoms. The summed E-state index contributed by atoms with van der Waals surface area (Å²) in [5.74, 6) is 3.50. The van der Waals surface area contributed by atoms with Gasteiger partial charge in [-0.25, -0.2) is 0 Å². The highest BCUT2D eigenvalue weighted by atomic mass is 16.7. The van der Waals surface area contributed by atoms with Crippen LogP contribution in [0.5, 0.6) is 11.5 Å². The van der Waals surface area contributed by atoms with Crippen LogP contribution in [0.25, 0.3) is 0 Å². The third-order valence-corrected chi connectivity index (χ3v) is 6.56. The fourth-order valence-corrected chi connectivity index (χ4v) is 4.85. The van der Waals surface area contributed by atoms with Crippen LogP contribution in [-0.4, -0.2) is 44.4 Å². The van der Waals surface area contributed by atoms with Crippen molar-refractivity contribution in [3.63, 3.8) is 0 Å². The second kappa shape index (κ2) is 7.96. The second-order valence-electron chi connectivity index (χ2n) is 7.99. The van der Waals surface area contributed by atoms with Gasteiger partial charge >= 0.3 is 0 Å². The number of nitrogens with zero attached hydrogens (tertiary/aromatic N) is 1. The van der Waals surface area contributed by atoms with Crippen LogP contribution in [-0.2, 0) is 0 Å². The lowest BCUT2D eigenvalue weighted by atomic mass is 9.83. The fraction of sp³-hybridized carbons (Fsp3) is 0.714. The van der Waals surface area contributed by atoms with E-state index in [-0.39, 0.29) is 0 Å². The van der Waals surface area contributed by atoms with Crippen molar-refractivity contribution in [1.82, 2.24) is 10.2 Å². The van der Waals surface area contributed by atoms with Crippen molar-refractivity contribution in [2.45, 2.75) is 56.9 Å². The maximum atomic E-state index is 5.71. The summed E-state index contributed by atoms with van der Waals surface area (Å²) in [6.45, 7) is 4.11. The molecule has 1 aromatic carbocycles. The average Bonchev–Trinajstić information content (AvgIpc) is 3.16. The van der Waals surface area contributed by atoms with E-state index in [0.29, 0.717) is 12.7 Å². The molecular formula is C21H32N2O2. The van der Waals surface area contributed by atoms with Crippen LogP contribution < -0.4 is 14.8 Å². The van der Waals surface area contributed by atoms with Gasteiger partial charge in [-0.3, -0.25) is 0 Å². The minimum absolute atomic E-state index is 0.376. The van der Waals surface area contributed by atoms with E-state index in [9.17, 15) is 0 Å². The van der Waals surface area contributed by atoms with Crippen molar-refractivity contribution in [3.05, 3.63) is 23.8 Å². The Kier molecular flexibility index (Phi) is 5.47. The standard InChI is InChI=1S/C21H32N2O2/c1-22-18-7-5-16(6-8-18)9-12-23-13-10-17(11-14-23)19-3-2-4-20-21(19)25-15-24-20/h2-4,16-18,22H,5-15H2,1H3. The number of likely N-dealkylation sites (tertiary alicyclic amines) is 1. The number of hydrogen-bond acceptors (Lipinski definition) is 4. The van der Waals surface area contributed by atoms with Gasteiger partial charge in [-0.1, -0.05) is 12.1 Å². The van der Waals surface area contributed by atoms with Crippen molar-refractivity contribution >= 4 is 0 Å². The predicted octanol–water partition coefficient (Wildman–Crippen LogP) is 3.76. The number of benzene rings is 1. The van der Waals surface area contributed by atoms with Crippen molar-refractivity contribution in [1.29, 1.82) is 0 Å². The van der Waals surface area contributed by atoms with Crippen LogP contribution in [0.15, 0.2) is 18.2 Å². The van der Waals surface area contributed by atoms with Crippen LogP contribution in [0.3, 0.4) is 0 Å². The zero-order valence-corrected chi connectivity index (χ0v) is 15.5. The molecule has 138 valence electrons. The number of rotatable bonds is 5. The second-order valence-corrected chi connectivity index (χ2v) is 7.99. The topological polar surface area (TPSA) is 33.7 Å². The lowest BCUT2D eigenvalue weighted by Gasteiger charge is -2.34. The highest BCUT2D eigenvalue weighted by Gasteiger charge is 2.27. The van der Waals surface area contributed by atoms with Crippen molar-refractivity contribution in [3.8, 4) is 11.5 Å². The molecule has 4 rings (SSSR count). The molecule has 2 fully saturated rings. The zero-order valence-electron chi connectivity index (χ0n) is 15.5. The van der Waals surface area contributed by atoms with Crippen molar-refractivity contribution < 1.29 is 9.47 Å². The molecule has 1 aromatic rings. The first kappa shape index (κ1) is 17.2. The molecule has 1 aliphatic carbocycles. The number of para-hydroxylation sites is 1. The van der Waals surface area contributed by atoms with E-state index in [1.54, 1.807) is 0 Å².